The van der Waals surface area contributed by atoms with E-state index in [1.807, 2.05) is 30.3 Å². The van der Waals surface area contributed by atoms with Crippen molar-refractivity contribution in [2.75, 3.05) is 26.2 Å². The third-order valence-electron chi connectivity index (χ3n) is 5.32. The van der Waals surface area contributed by atoms with Crippen LogP contribution in [0.2, 0.25) is 0 Å². The first-order valence-corrected chi connectivity index (χ1v) is 10.3. The number of nitrogens with zero attached hydrogens (tertiary/aromatic N) is 1. The molecule has 0 bridgehead atoms. The average molecular weight is 368 g/mol. The van der Waals surface area contributed by atoms with Crippen molar-refractivity contribution >= 4 is 0 Å². The summed E-state index contributed by atoms with van der Waals surface area (Å²) in [6.45, 7) is 8.17. The van der Waals surface area contributed by atoms with Gasteiger partial charge in [-0.1, -0.05) is 62.7 Å². The lowest BCUT2D eigenvalue weighted by Gasteiger charge is -2.33. The minimum absolute atomic E-state index is 0.0757. The fourth-order valence-corrected chi connectivity index (χ4v) is 3.76. The number of rotatable bonds is 8. The first kappa shape index (κ1) is 19.9. The monoisotopic (exact) mass is 367 g/mol. The van der Waals surface area contributed by atoms with Crippen LogP contribution in [0.25, 0.3) is 0 Å². The molecule has 0 amide bonds. The van der Waals surface area contributed by atoms with E-state index in [2.05, 4.69) is 43.0 Å². The first-order valence-electron chi connectivity index (χ1n) is 10.3. The minimum Gasteiger partial charge on any atom is -0.493 e. The highest BCUT2D eigenvalue weighted by Crippen LogP contribution is 2.33. The SMILES string of the molecule is CC(C)COc1ccc([C@H](O)[C@H](CN2CCCCC2)c2ccccc2)cc1. The van der Waals surface area contributed by atoms with Crippen molar-refractivity contribution in [2.24, 2.45) is 5.92 Å². The first-order chi connectivity index (χ1) is 13.1. The molecule has 2 atom stereocenters. The van der Waals surface area contributed by atoms with Crippen LogP contribution in [-0.2, 0) is 0 Å². The summed E-state index contributed by atoms with van der Waals surface area (Å²) in [6, 6.07) is 18.4. The van der Waals surface area contributed by atoms with Gasteiger partial charge in [-0.15, -0.1) is 0 Å². The Kier molecular flexibility index (Phi) is 7.31. The van der Waals surface area contributed by atoms with Crippen molar-refractivity contribution in [2.45, 2.75) is 45.1 Å². The Morgan fingerprint density at radius 3 is 2.19 bits per heavy atom. The van der Waals surface area contributed by atoms with Gasteiger partial charge in [-0.2, -0.15) is 0 Å². The quantitative estimate of drug-likeness (QED) is 0.711. The molecule has 0 unspecified atom stereocenters. The summed E-state index contributed by atoms with van der Waals surface area (Å²) in [4.78, 5) is 2.50. The van der Waals surface area contributed by atoms with E-state index in [-0.39, 0.29) is 5.92 Å². The maximum atomic E-state index is 11.2. The number of benzene rings is 2. The third-order valence-corrected chi connectivity index (χ3v) is 5.32. The Morgan fingerprint density at radius 1 is 0.889 bits per heavy atom. The van der Waals surface area contributed by atoms with Crippen LogP contribution < -0.4 is 4.74 Å². The highest BCUT2D eigenvalue weighted by molar-refractivity contribution is 5.32. The number of piperidine rings is 1. The fourth-order valence-electron chi connectivity index (χ4n) is 3.76. The van der Waals surface area contributed by atoms with E-state index in [1.165, 1.54) is 24.8 Å². The van der Waals surface area contributed by atoms with Crippen molar-refractivity contribution in [3.05, 3.63) is 65.7 Å². The van der Waals surface area contributed by atoms with Gasteiger partial charge in [0.05, 0.1) is 12.7 Å². The largest absolute Gasteiger partial charge is 0.493 e. The van der Waals surface area contributed by atoms with Gasteiger partial charge >= 0.3 is 0 Å². The molecule has 146 valence electrons. The normalized spacial score (nSPS) is 17.6. The molecule has 27 heavy (non-hydrogen) atoms. The Hall–Kier alpha value is -1.84. The van der Waals surface area contributed by atoms with Crippen LogP contribution in [0, 0.1) is 5.92 Å². The molecule has 3 rings (SSSR count). The van der Waals surface area contributed by atoms with Crippen LogP contribution >= 0.6 is 0 Å². The molecule has 3 heteroatoms. The molecule has 1 saturated heterocycles. The van der Waals surface area contributed by atoms with Crippen molar-refractivity contribution in [1.82, 2.24) is 4.90 Å². The second-order valence-corrected chi connectivity index (χ2v) is 8.10. The van der Waals surface area contributed by atoms with E-state index in [0.29, 0.717) is 12.5 Å². The average Bonchev–Trinajstić information content (AvgIpc) is 2.72. The second-order valence-electron chi connectivity index (χ2n) is 8.10. The molecule has 1 heterocycles. The summed E-state index contributed by atoms with van der Waals surface area (Å²) in [5.74, 6) is 1.45. The molecule has 2 aromatic carbocycles. The van der Waals surface area contributed by atoms with Gasteiger partial charge in [0.2, 0.25) is 0 Å². The molecule has 1 fully saturated rings. The summed E-state index contributed by atoms with van der Waals surface area (Å²) >= 11 is 0. The Labute approximate surface area is 164 Å². The highest BCUT2D eigenvalue weighted by atomic mass is 16.5. The van der Waals surface area contributed by atoms with Gasteiger partial charge in [-0.3, -0.25) is 0 Å². The maximum absolute atomic E-state index is 11.2. The van der Waals surface area contributed by atoms with Gasteiger partial charge in [-0.05, 0) is 55.1 Å². The summed E-state index contributed by atoms with van der Waals surface area (Å²) in [7, 11) is 0. The predicted octanol–water partition coefficient (Wildman–Crippen LogP) is 5.02. The Balaban J connectivity index is 1.74. The highest BCUT2D eigenvalue weighted by Gasteiger charge is 2.26. The predicted molar refractivity (Wildman–Crippen MR) is 111 cm³/mol. The molecular weight excluding hydrogens is 334 g/mol. The Morgan fingerprint density at radius 2 is 1.56 bits per heavy atom. The summed E-state index contributed by atoms with van der Waals surface area (Å²) in [5.41, 5.74) is 2.16. The van der Waals surface area contributed by atoms with Crippen molar-refractivity contribution in [1.29, 1.82) is 0 Å². The van der Waals surface area contributed by atoms with Crippen LogP contribution in [0.3, 0.4) is 0 Å². The number of hydrogen-bond acceptors (Lipinski definition) is 3. The van der Waals surface area contributed by atoms with Gasteiger partial charge < -0.3 is 14.7 Å². The molecular formula is C24H33NO2. The molecule has 1 aliphatic heterocycles. The third kappa shape index (κ3) is 5.82. The van der Waals surface area contributed by atoms with E-state index in [4.69, 9.17) is 4.74 Å². The van der Waals surface area contributed by atoms with E-state index in [9.17, 15) is 5.11 Å². The van der Waals surface area contributed by atoms with E-state index >= 15 is 0 Å². The van der Waals surface area contributed by atoms with Gasteiger partial charge in [0, 0.05) is 12.5 Å². The van der Waals surface area contributed by atoms with E-state index < -0.39 is 6.10 Å². The number of aliphatic hydroxyl groups excluding tert-OH is 1. The van der Waals surface area contributed by atoms with Crippen LogP contribution in [0.15, 0.2) is 54.6 Å². The lowest BCUT2D eigenvalue weighted by Crippen LogP contribution is -2.35. The van der Waals surface area contributed by atoms with Crippen molar-refractivity contribution < 1.29 is 9.84 Å². The second kappa shape index (κ2) is 9.91. The smallest absolute Gasteiger partial charge is 0.119 e. The van der Waals surface area contributed by atoms with Gasteiger partial charge in [-0.25, -0.2) is 0 Å². The Bertz CT molecular complexity index is 663. The molecule has 0 spiro atoms. The molecule has 3 nitrogen and oxygen atoms in total. The number of ether oxygens (including phenoxy) is 1. The van der Waals surface area contributed by atoms with Crippen LogP contribution in [-0.4, -0.2) is 36.2 Å². The molecule has 1 aliphatic rings. The summed E-state index contributed by atoms with van der Waals surface area (Å²) in [5, 5.41) is 11.2. The topological polar surface area (TPSA) is 32.7 Å². The van der Waals surface area contributed by atoms with Gasteiger partial charge in [0.25, 0.3) is 0 Å². The molecule has 2 aromatic rings. The van der Waals surface area contributed by atoms with Crippen LogP contribution in [0.5, 0.6) is 5.75 Å². The van der Waals surface area contributed by atoms with Gasteiger partial charge in [0.1, 0.15) is 5.75 Å². The standard InChI is InChI=1S/C24H33NO2/c1-19(2)18-27-22-13-11-21(12-14-22)24(26)23(20-9-5-3-6-10-20)17-25-15-7-4-8-16-25/h3,5-6,9-14,19,23-24,26H,4,7-8,15-18H2,1-2H3/t23-,24+/m1/s1. The lowest BCUT2D eigenvalue weighted by molar-refractivity contribution is 0.109. The molecule has 0 radical (unpaired) electrons. The minimum atomic E-state index is -0.520. The zero-order valence-electron chi connectivity index (χ0n) is 16.7. The maximum Gasteiger partial charge on any atom is 0.119 e. The van der Waals surface area contributed by atoms with E-state index in [0.717, 1.165) is 30.9 Å². The zero-order chi connectivity index (χ0) is 19.1. The number of likely N-dealkylation sites (tertiary alicyclic amines) is 1. The van der Waals surface area contributed by atoms with Crippen molar-refractivity contribution in [3.63, 3.8) is 0 Å². The molecule has 0 aromatic heterocycles. The van der Waals surface area contributed by atoms with Crippen LogP contribution in [0.1, 0.15) is 56.3 Å². The summed E-state index contributed by atoms with van der Waals surface area (Å²) < 4.78 is 5.78. The van der Waals surface area contributed by atoms with Gasteiger partial charge in [0.15, 0.2) is 0 Å². The molecule has 0 saturated carbocycles. The number of hydrogen-bond donors (Lipinski definition) is 1. The molecule has 1 N–H and O–H groups in total. The summed E-state index contributed by atoms with van der Waals surface area (Å²) in [6.07, 6.45) is 3.33. The fraction of sp³-hybridized carbons (Fsp3) is 0.500. The lowest BCUT2D eigenvalue weighted by atomic mass is 9.88. The zero-order valence-corrected chi connectivity index (χ0v) is 16.7. The number of aliphatic hydroxyl groups is 1. The van der Waals surface area contributed by atoms with Crippen LogP contribution in [0.4, 0.5) is 0 Å². The van der Waals surface area contributed by atoms with Crippen molar-refractivity contribution in [3.8, 4) is 5.75 Å². The van der Waals surface area contributed by atoms with E-state index in [1.54, 1.807) is 0 Å². The molecule has 0 aliphatic carbocycles.